The van der Waals surface area contributed by atoms with Gasteiger partial charge < -0.3 is 16.0 Å². The van der Waals surface area contributed by atoms with E-state index in [0.717, 1.165) is 32.2 Å². The first-order valence-electron chi connectivity index (χ1n) is 6.50. The quantitative estimate of drug-likeness (QED) is 0.704. The molecule has 96 valence electrons. The van der Waals surface area contributed by atoms with E-state index in [-0.39, 0.29) is 11.8 Å². The van der Waals surface area contributed by atoms with Gasteiger partial charge >= 0.3 is 0 Å². The van der Waals surface area contributed by atoms with E-state index in [1.165, 1.54) is 6.42 Å². The molecule has 3 N–H and O–H groups in total. The molecule has 1 atom stereocenters. The van der Waals surface area contributed by atoms with E-state index in [0.29, 0.717) is 13.1 Å². The standard InChI is InChI=1S/C12H21N3O2/c13-11(16)10-8-14-6-7-15(10)12(17)9-4-2-1-3-5-9/h9-10,14H,1-8H2,(H2,13,16)/t10-/m0/s1. The zero-order valence-corrected chi connectivity index (χ0v) is 10.2. The van der Waals surface area contributed by atoms with Crippen LogP contribution in [0.1, 0.15) is 32.1 Å². The number of carbonyl (C=O) groups excluding carboxylic acids is 2. The van der Waals surface area contributed by atoms with Gasteiger partial charge in [0.2, 0.25) is 11.8 Å². The molecule has 1 aliphatic carbocycles. The van der Waals surface area contributed by atoms with Crippen LogP contribution >= 0.6 is 0 Å². The molecule has 1 aliphatic heterocycles. The highest BCUT2D eigenvalue weighted by atomic mass is 16.2. The fourth-order valence-corrected chi connectivity index (χ4v) is 2.81. The number of primary amides is 1. The van der Waals surface area contributed by atoms with Crippen LogP contribution in [-0.2, 0) is 9.59 Å². The van der Waals surface area contributed by atoms with Crippen molar-refractivity contribution in [1.82, 2.24) is 10.2 Å². The molecule has 5 heteroatoms. The lowest BCUT2D eigenvalue weighted by molar-refractivity contribution is -0.144. The van der Waals surface area contributed by atoms with Crippen LogP contribution in [0.25, 0.3) is 0 Å². The van der Waals surface area contributed by atoms with Gasteiger partial charge in [0.05, 0.1) is 0 Å². The molecule has 0 spiro atoms. The third-order valence-electron chi connectivity index (χ3n) is 3.81. The first-order valence-corrected chi connectivity index (χ1v) is 6.50. The van der Waals surface area contributed by atoms with Gasteiger partial charge in [-0.3, -0.25) is 9.59 Å². The Morgan fingerprint density at radius 2 is 1.88 bits per heavy atom. The van der Waals surface area contributed by atoms with Gasteiger partial charge in [0.1, 0.15) is 6.04 Å². The minimum absolute atomic E-state index is 0.115. The van der Waals surface area contributed by atoms with Crippen molar-refractivity contribution >= 4 is 11.8 Å². The first-order chi connectivity index (χ1) is 8.20. The van der Waals surface area contributed by atoms with Crippen LogP contribution < -0.4 is 11.1 Å². The van der Waals surface area contributed by atoms with Crippen molar-refractivity contribution in [2.45, 2.75) is 38.1 Å². The zero-order chi connectivity index (χ0) is 12.3. The average molecular weight is 239 g/mol. The number of carbonyl (C=O) groups is 2. The van der Waals surface area contributed by atoms with Crippen molar-refractivity contribution in [3.63, 3.8) is 0 Å². The predicted molar refractivity (Wildman–Crippen MR) is 64.1 cm³/mol. The summed E-state index contributed by atoms with van der Waals surface area (Å²) in [7, 11) is 0. The Bertz CT molecular complexity index is 300. The lowest BCUT2D eigenvalue weighted by Gasteiger charge is -2.37. The maximum absolute atomic E-state index is 12.4. The van der Waals surface area contributed by atoms with Crippen molar-refractivity contribution in [3.05, 3.63) is 0 Å². The number of rotatable bonds is 2. The Kier molecular flexibility index (Phi) is 3.99. The Morgan fingerprint density at radius 3 is 2.53 bits per heavy atom. The van der Waals surface area contributed by atoms with Crippen molar-refractivity contribution in [3.8, 4) is 0 Å². The summed E-state index contributed by atoms with van der Waals surface area (Å²) in [5.74, 6) is -0.153. The largest absolute Gasteiger partial charge is 0.368 e. The Hall–Kier alpha value is -1.10. The van der Waals surface area contributed by atoms with Crippen LogP contribution in [0.2, 0.25) is 0 Å². The van der Waals surface area contributed by atoms with Gasteiger partial charge in [0, 0.05) is 25.6 Å². The highest BCUT2D eigenvalue weighted by Crippen LogP contribution is 2.26. The summed E-state index contributed by atoms with van der Waals surface area (Å²) in [6.45, 7) is 1.85. The maximum atomic E-state index is 12.4. The third kappa shape index (κ3) is 2.77. The fraction of sp³-hybridized carbons (Fsp3) is 0.833. The number of nitrogens with two attached hydrogens (primary N) is 1. The second kappa shape index (κ2) is 5.49. The summed E-state index contributed by atoms with van der Waals surface area (Å²) in [5.41, 5.74) is 5.35. The number of piperazine rings is 1. The lowest BCUT2D eigenvalue weighted by Crippen LogP contribution is -2.59. The predicted octanol–water partition coefficient (Wildman–Crippen LogP) is -0.148. The monoisotopic (exact) mass is 239 g/mol. The lowest BCUT2D eigenvalue weighted by atomic mass is 9.87. The Morgan fingerprint density at radius 1 is 1.18 bits per heavy atom. The van der Waals surface area contributed by atoms with E-state index < -0.39 is 11.9 Å². The van der Waals surface area contributed by atoms with Crippen LogP contribution in [0.15, 0.2) is 0 Å². The average Bonchev–Trinajstić information content (AvgIpc) is 2.39. The Balaban J connectivity index is 2.02. The molecule has 1 heterocycles. The molecule has 5 nitrogen and oxygen atoms in total. The minimum Gasteiger partial charge on any atom is -0.368 e. The van der Waals surface area contributed by atoms with Gasteiger partial charge in [-0.2, -0.15) is 0 Å². The fourth-order valence-electron chi connectivity index (χ4n) is 2.81. The van der Waals surface area contributed by atoms with Gasteiger partial charge in [-0.1, -0.05) is 19.3 Å². The van der Waals surface area contributed by atoms with Gasteiger partial charge in [-0.25, -0.2) is 0 Å². The summed E-state index contributed by atoms with van der Waals surface area (Å²) < 4.78 is 0. The number of hydrogen-bond acceptors (Lipinski definition) is 3. The molecular formula is C12H21N3O2. The van der Waals surface area contributed by atoms with E-state index in [9.17, 15) is 9.59 Å². The molecule has 2 fully saturated rings. The van der Waals surface area contributed by atoms with E-state index in [4.69, 9.17) is 5.73 Å². The number of amides is 2. The molecule has 2 amide bonds. The minimum atomic E-state index is -0.460. The summed E-state index contributed by atoms with van der Waals surface area (Å²) in [5, 5.41) is 3.11. The smallest absolute Gasteiger partial charge is 0.241 e. The van der Waals surface area contributed by atoms with Crippen molar-refractivity contribution in [2.75, 3.05) is 19.6 Å². The normalized spacial score (nSPS) is 26.8. The van der Waals surface area contributed by atoms with E-state index in [1.54, 1.807) is 4.90 Å². The van der Waals surface area contributed by atoms with Crippen LogP contribution in [0.4, 0.5) is 0 Å². The summed E-state index contributed by atoms with van der Waals surface area (Å²) >= 11 is 0. The summed E-state index contributed by atoms with van der Waals surface area (Å²) in [6.07, 6.45) is 5.42. The molecule has 0 aromatic carbocycles. The van der Waals surface area contributed by atoms with Gasteiger partial charge in [-0.05, 0) is 12.8 Å². The van der Waals surface area contributed by atoms with E-state index in [2.05, 4.69) is 5.32 Å². The van der Waals surface area contributed by atoms with Crippen molar-refractivity contribution in [1.29, 1.82) is 0 Å². The number of nitrogens with zero attached hydrogens (tertiary/aromatic N) is 1. The molecule has 17 heavy (non-hydrogen) atoms. The highest BCUT2D eigenvalue weighted by molar-refractivity contribution is 5.88. The second-order valence-electron chi connectivity index (χ2n) is 4.99. The van der Waals surface area contributed by atoms with Gasteiger partial charge in [0.25, 0.3) is 0 Å². The molecule has 2 aliphatic rings. The van der Waals surface area contributed by atoms with E-state index in [1.807, 2.05) is 0 Å². The molecule has 0 bridgehead atoms. The molecule has 0 aromatic heterocycles. The van der Waals surface area contributed by atoms with Gasteiger partial charge in [-0.15, -0.1) is 0 Å². The third-order valence-corrected chi connectivity index (χ3v) is 3.81. The molecular weight excluding hydrogens is 218 g/mol. The van der Waals surface area contributed by atoms with Gasteiger partial charge in [0.15, 0.2) is 0 Å². The zero-order valence-electron chi connectivity index (χ0n) is 10.2. The Labute approximate surface area is 102 Å². The van der Waals surface area contributed by atoms with Crippen molar-refractivity contribution in [2.24, 2.45) is 11.7 Å². The van der Waals surface area contributed by atoms with Crippen LogP contribution in [-0.4, -0.2) is 42.4 Å². The molecule has 0 radical (unpaired) electrons. The molecule has 2 rings (SSSR count). The summed E-state index contributed by atoms with van der Waals surface area (Å²) in [6, 6.07) is -0.460. The highest BCUT2D eigenvalue weighted by Gasteiger charge is 2.34. The van der Waals surface area contributed by atoms with Crippen molar-refractivity contribution < 1.29 is 9.59 Å². The number of nitrogens with one attached hydrogen (secondary N) is 1. The van der Waals surface area contributed by atoms with Crippen LogP contribution in [0, 0.1) is 5.92 Å². The van der Waals surface area contributed by atoms with E-state index >= 15 is 0 Å². The molecule has 1 saturated heterocycles. The number of hydrogen-bond donors (Lipinski definition) is 2. The molecule has 0 unspecified atom stereocenters. The second-order valence-corrected chi connectivity index (χ2v) is 4.99. The van der Waals surface area contributed by atoms with Crippen LogP contribution in [0.5, 0.6) is 0 Å². The summed E-state index contributed by atoms with van der Waals surface area (Å²) in [4.78, 5) is 25.4. The molecule has 0 aromatic rings. The topological polar surface area (TPSA) is 75.4 Å². The van der Waals surface area contributed by atoms with Crippen LogP contribution in [0.3, 0.4) is 0 Å². The first kappa shape index (κ1) is 12.4. The maximum Gasteiger partial charge on any atom is 0.241 e. The molecule has 1 saturated carbocycles. The SMILES string of the molecule is NC(=O)[C@@H]1CNCCN1C(=O)C1CCCCC1.